The molecule has 122 valence electrons. The number of hydrogen-bond acceptors (Lipinski definition) is 5. The van der Waals surface area contributed by atoms with Crippen molar-refractivity contribution >= 4 is 23.7 Å². The Balaban J connectivity index is 2.66. The van der Waals surface area contributed by atoms with Gasteiger partial charge in [0.1, 0.15) is 17.0 Å². The summed E-state index contributed by atoms with van der Waals surface area (Å²) >= 11 is 0. The molecule has 0 aliphatic carbocycles. The first kappa shape index (κ1) is 17.7. The molecular formula is C15H23N3O4. The Bertz CT molecular complexity index is 499. The minimum absolute atomic E-state index is 0.266. The van der Waals surface area contributed by atoms with E-state index in [1.807, 2.05) is 0 Å². The summed E-state index contributed by atoms with van der Waals surface area (Å²) in [6.07, 6.45) is 0.260. The van der Waals surface area contributed by atoms with E-state index in [-0.39, 0.29) is 5.82 Å². The topological polar surface area (TPSA) is 89.5 Å². The first-order valence-corrected chi connectivity index (χ1v) is 6.91. The molecule has 1 aromatic rings. The largest absolute Gasteiger partial charge is 0.444 e. The van der Waals surface area contributed by atoms with Crippen molar-refractivity contribution in [3.8, 4) is 0 Å². The summed E-state index contributed by atoms with van der Waals surface area (Å²) in [7, 11) is 0. The molecule has 0 aliphatic heterocycles. The lowest BCUT2D eigenvalue weighted by Gasteiger charge is -2.20. The smallest absolute Gasteiger partial charge is 0.413 e. The maximum Gasteiger partial charge on any atom is 0.413 e. The second-order valence-electron chi connectivity index (χ2n) is 6.68. The van der Waals surface area contributed by atoms with Crippen molar-refractivity contribution < 1.29 is 19.1 Å². The monoisotopic (exact) mass is 309 g/mol. The van der Waals surface area contributed by atoms with Crippen LogP contribution in [0.2, 0.25) is 0 Å². The molecule has 22 heavy (non-hydrogen) atoms. The fourth-order valence-corrected chi connectivity index (χ4v) is 1.41. The van der Waals surface area contributed by atoms with E-state index in [0.717, 1.165) is 0 Å². The van der Waals surface area contributed by atoms with Gasteiger partial charge in [-0.15, -0.1) is 0 Å². The van der Waals surface area contributed by atoms with Crippen LogP contribution < -0.4 is 10.6 Å². The third-order valence-corrected chi connectivity index (χ3v) is 2.03. The Hall–Kier alpha value is -2.31. The van der Waals surface area contributed by atoms with Crippen molar-refractivity contribution in [3.63, 3.8) is 0 Å². The number of amides is 2. The van der Waals surface area contributed by atoms with E-state index in [0.29, 0.717) is 5.69 Å². The van der Waals surface area contributed by atoms with E-state index in [4.69, 9.17) is 9.47 Å². The number of carbonyl (C=O) groups is 2. The molecule has 0 unspecified atom stereocenters. The Morgan fingerprint density at radius 3 is 1.95 bits per heavy atom. The summed E-state index contributed by atoms with van der Waals surface area (Å²) in [5.74, 6) is 0.266. The Labute approximate surface area is 130 Å². The van der Waals surface area contributed by atoms with Crippen molar-refractivity contribution in [1.82, 2.24) is 4.98 Å². The third-order valence-electron chi connectivity index (χ3n) is 2.03. The number of hydrogen-bond donors (Lipinski definition) is 2. The molecule has 0 saturated heterocycles. The number of ether oxygens (including phenoxy) is 2. The lowest BCUT2D eigenvalue weighted by Crippen LogP contribution is -2.28. The third kappa shape index (κ3) is 7.47. The average molecular weight is 309 g/mol. The van der Waals surface area contributed by atoms with Gasteiger partial charge in [0.15, 0.2) is 0 Å². The highest BCUT2D eigenvalue weighted by atomic mass is 16.6. The van der Waals surface area contributed by atoms with Crippen LogP contribution >= 0.6 is 0 Å². The van der Waals surface area contributed by atoms with Crippen LogP contribution in [-0.4, -0.2) is 28.4 Å². The van der Waals surface area contributed by atoms with E-state index in [2.05, 4.69) is 15.6 Å². The molecule has 0 saturated carbocycles. The van der Waals surface area contributed by atoms with Gasteiger partial charge in [-0.05, 0) is 47.6 Å². The zero-order valence-corrected chi connectivity index (χ0v) is 13.8. The molecule has 0 aliphatic rings. The molecule has 0 radical (unpaired) electrons. The maximum absolute atomic E-state index is 11.7. The van der Waals surface area contributed by atoms with Crippen LogP contribution in [0.1, 0.15) is 41.5 Å². The standard InChI is InChI=1S/C15H23N3O4/c1-14(2,3)21-12(19)17-10-7-8-16-11(9-10)18-13(20)22-15(4,5)6/h7-9H,1-6H3,(H2,16,17,18,19,20). The number of rotatable bonds is 2. The molecule has 2 N–H and O–H groups in total. The Kier molecular flexibility index (Phi) is 5.35. The molecule has 0 atom stereocenters. The summed E-state index contributed by atoms with van der Waals surface area (Å²) in [5, 5.41) is 5.06. The highest BCUT2D eigenvalue weighted by Gasteiger charge is 2.18. The quantitative estimate of drug-likeness (QED) is 0.867. The van der Waals surface area contributed by atoms with Gasteiger partial charge < -0.3 is 9.47 Å². The minimum atomic E-state index is -0.616. The second-order valence-corrected chi connectivity index (χ2v) is 6.68. The molecule has 2 amide bonds. The highest BCUT2D eigenvalue weighted by molar-refractivity contribution is 5.87. The molecule has 0 aromatic carbocycles. The lowest BCUT2D eigenvalue weighted by molar-refractivity contribution is 0.0625. The minimum Gasteiger partial charge on any atom is -0.444 e. The van der Waals surface area contributed by atoms with E-state index in [9.17, 15) is 9.59 Å². The van der Waals surface area contributed by atoms with Crippen LogP contribution in [0, 0.1) is 0 Å². The Morgan fingerprint density at radius 2 is 1.45 bits per heavy atom. The van der Waals surface area contributed by atoms with Crippen LogP contribution in [0.15, 0.2) is 18.3 Å². The summed E-state index contributed by atoms with van der Waals surface area (Å²) in [6.45, 7) is 10.6. The first-order valence-electron chi connectivity index (χ1n) is 6.91. The summed E-state index contributed by atoms with van der Waals surface area (Å²) in [4.78, 5) is 27.3. The van der Waals surface area contributed by atoms with Crippen LogP contribution in [-0.2, 0) is 9.47 Å². The van der Waals surface area contributed by atoms with Crippen LogP contribution in [0.5, 0.6) is 0 Å². The fourth-order valence-electron chi connectivity index (χ4n) is 1.41. The highest BCUT2D eigenvalue weighted by Crippen LogP contribution is 2.15. The molecular weight excluding hydrogens is 286 g/mol. The van der Waals surface area contributed by atoms with Crippen molar-refractivity contribution in [1.29, 1.82) is 0 Å². The van der Waals surface area contributed by atoms with Gasteiger partial charge in [0, 0.05) is 18.0 Å². The zero-order valence-electron chi connectivity index (χ0n) is 13.8. The molecule has 1 heterocycles. The van der Waals surface area contributed by atoms with Crippen LogP contribution in [0.25, 0.3) is 0 Å². The normalized spacial score (nSPS) is 11.5. The molecule has 7 nitrogen and oxygen atoms in total. The predicted octanol–water partition coefficient (Wildman–Crippen LogP) is 3.78. The van der Waals surface area contributed by atoms with Gasteiger partial charge in [-0.1, -0.05) is 0 Å². The Morgan fingerprint density at radius 1 is 0.955 bits per heavy atom. The molecule has 0 spiro atoms. The zero-order chi connectivity index (χ0) is 17.0. The van der Waals surface area contributed by atoms with E-state index < -0.39 is 23.4 Å². The van der Waals surface area contributed by atoms with Crippen LogP contribution in [0.4, 0.5) is 21.1 Å². The van der Waals surface area contributed by atoms with E-state index in [1.165, 1.54) is 12.3 Å². The lowest BCUT2D eigenvalue weighted by atomic mass is 10.2. The van der Waals surface area contributed by atoms with Crippen molar-refractivity contribution in [3.05, 3.63) is 18.3 Å². The number of aromatic nitrogens is 1. The number of carbonyl (C=O) groups excluding carboxylic acids is 2. The SMILES string of the molecule is CC(C)(C)OC(=O)Nc1ccnc(NC(=O)OC(C)(C)C)c1. The van der Waals surface area contributed by atoms with Crippen molar-refractivity contribution in [2.45, 2.75) is 52.7 Å². The van der Waals surface area contributed by atoms with Gasteiger partial charge in [0.05, 0.1) is 0 Å². The van der Waals surface area contributed by atoms with Crippen LogP contribution in [0.3, 0.4) is 0 Å². The number of nitrogens with zero attached hydrogens (tertiary/aromatic N) is 1. The summed E-state index contributed by atoms with van der Waals surface area (Å²) in [5.41, 5.74) is -0.735. The van der Waals surface area contributed by atoms with Gasteiger partial charge in [-0.3, -0.25) is 10.6 Å². The number of anilines is 2. The first-order chi connectivity index (χ1) is 9.94. The van der Waals surface area contributed by atoms with Crippen molar-refractivity contribution in [2.75, 3.05) is 10.6 Å². The summed E-state index contributed by atoms with van der Waals surface area (Å²) < 4.78 is 10.3. The molecule has 1 rings (SSSR count). The number of nitrogens with one attached hydrogen (secondary N) is 2. The van der Waals surface area contributed by atoms with E-state index in [1.54, 1.807) is 47.6 Å². The van der Waals surface area contributed by atoms with Gasteiger partial charge >= 0.3 is 12.2 Å². The van der Waals surface area contributed by atoms with Gasteiger partial charge in [0.25, 0.3) is 0 Å². The molecule has 0 bridgehead atoms. The van der Waals surface area contributed by atoms with Gasteiger partial charge in [-0.2, -0.15) is 0 Å². The molecule has 7 heteroatoms. The summed E-state index contributed by atoms with van der Waals surface area (Å²) in [6, 6.07) is 3.10. The number of pyridine rings is 1. The maximum atomic E-state index is 11.7. The predicted molar refractivity (Wildman–Crippen MR) is 84.0 cm³/mol. The van der Waals surface area contributed by atoms with E-state index >= 15 is 0 Å². The molecule has 0 fully saturated rings. The molecule has 1 aromatic heterocycles. The average Bonchev–Trinajstić information content (AvgIpc) is 2.22. The van der Waals surface area contributed by atoms with Gasteiger partial charge in [-0.25, -0.2) is 14.6 Å². The second kappa shape index (κ2) is 6.64. The fraction of sp³-hybridized carbons (Fsp3) is 0.533. The van der Waals surface area contributed by atoms with Crippen molar-refractivity contribution in [2.24, 2.45) is 0 Å². The van der Waals surface area contributed by atoms with Gasteiger partial charge in [0.2, 0.25) is 0 Å².